The average Bonchev–Trinajstić information content (AvgIpc) is 3.28. The first-order valence-corrected chi connectivity index (χ1v) is 9.93. The highest BCUT2D eigenvalue weighted by Crippen LogP contribution is 2.14. The minimum absolute atomic E-state index is 0.0526. The van der Waals surface area contributed by atoms with Crippen molar-refractivity contribution in [3.63, 3.8) is 0 Å². The number of anilines is 1. The van der Waals surface area contributed by atoms with Crippen LogP contribution in [0.25, 0.3) is 0 Å². The second-order valence-corrected chi connectivity index (χ2v) is 6.83. The first-order chi connectivity index (χ1) is 15.0. The van der Waals surface area contributed by atoms with E-state index in [2.05, 4.69) is 15.6 Å². The summed E-state index contributed by atoms with van der Waals surface area (Å²) in [6, 6.07) is 9.31. The topological polar surface area (TPSA) is 89.0 Å². The molecular weight excluding hydrogens is 408 g/mol. The molecule has 1 atom stereocenters. The van der Waals surface area contributed by atoms with Crippen LogP contribution < -0.4 is 10.6 Å². The largest absolute Gasteiger partial charge is 0.462 e. The van der Waals surface area contributed by atoms with Crippen LogP contribution in [0.15, 0.2) is 47.5 Å². The Kier molecular flexibility index (Phi) is 7.66. The number of amides is 1. The molecule has 9 heteroatoms. The number of hydrogen-bond acceptors (Lipinski definition) is 5. The molecule has 3 rings (SSSR count). The van der Waals surface area contributed by atoms with Gasteiger partial charge in [-0.25, -0.2) is 18.6 Å². The summed E-state index contributed by atoms with van der Waals surface area (Å²) in [5, 5.41) is 5.54. The van der Waals surface area contributed by atoms with Gasteiger partial charge in [-0.2, -0.15) is 0 Å². The van der Waals surface area contributed by atoms with E-state index >= 15 is 0 Å². The van der Waals surface area contributed by atoms with Gasteiger partial charge < -0.3 is 14.8 Å². The number of aliphatic imine (C=N–C) groups is 1. The van der Waals surface area contributed by atoms with E-state index in [0.29, 0.717) is 24.4 Å². The zero-order valence-electron chi connectivity index (χ0n) is 17.0. The summed E-state index contributed by atoms with van der Waals surface area (Å²) in [5.74, 6) is -3.13. The molecule has 2 aromatic rings. The lowest BCUT2D eigenvalue weighted by atomic mass is 10.2. The molecule has 1 aliphatic rings. The number of carbonyl (C=O) groups is 2. The fourth-order valence-electron chi connectivity index (χ4n) is 2.95. The predicted octanol–water partition coefficient (Wildman–Crippen LogP) is 3.52. The molecule has 1 heterocycles. The molecule has 1 saturated heterocycles. The molecule has 31 heavy (non-hydrogen) atoms. The van der Waals surface area contributed by atoms with Crippen LogP contribution in [-0.2, 0) is 9.47 Å². The van der Waals surface area contributed by atoms with E-state index in [1.807, 2.05) is 0 Å². The third kappa shape index (κ3) is 6.32. The number of hydrogen-bond donors (Lipinski definition) is 2. The van der Waals surface area contributed by atoms with Gasteiger partial charge in [-0.05, 0) is 62.2 Å². The van der Waals surface area contributed by atoms with Gasteiger partial charge >= 0.3 is 5.97 Å². The number of halogens is 2. The fourth-order valence-corrected chi connectivity index (χ4v) is 2.95. The number of carbonyl (C=O) groups excluding carboxylic acids is 2. The maximum atomic E-state index is 13.5. The summed E-state index contributed by atoms with van der Waals surface area (Å²) < 4.78 is 37.1. The van der Waals surface area contributed by atoms with Crippen LogP contribution in [-0.4, -0.2) is 43.7 Å². The fraction of sp³-hybridized carbons (Fsp3) is 0.318. The van der Waals surface area contributed by atoms with E-state index in [0.717, 1.165) is 25.0 Å². The van der Waals surface area contributed by atoms with E-state index in [4.69, 9.17) is 9.47 Å². The molecule has 0 aromatic heterocycles. The van der Waals surface area contributed by atoms with Crippen LogP contribution in [0.5, 0.6) is 0 Å². The minimum atomic E-state index is -1.12. The number of ether oxygens (including phenoxy) is 2. The Morgan fingerprint density at radius 2 is 1.87 bits per heavy atom. The SMILES string of the molecule is CCOC(=O)c1ccc(NC(=NC[C@@H]2CCCO2)NC(=O)c2ccc(F)c(F)c2)cc1. The molecule has 0 radical (unpaired) electrons. The van der Waals surface area contributed by atoms with Gasteiger partial charge in [0, 0.05) is 17.9 Å². The van der Waals surface area contributed by atoms with E-state index < -0.39 is 23.5 Å². The molecule has 0 bridgehead atoms. The van der Waals surface area contributed by atoms with Crippen LogP contribution in [0.4, 0.5) is 14.5 Å². The molecule has 0 saturated carbocycles. The number of nitrogens with one attached hydrogen (secondary N) is 2. The van der Waals surface area contributed by atoms with Gasteiger partial charge in [0.2, 0.25) is 5.96 Å². The van der Waals surface area contributed by atoms with Gasteiger partial charge in [-0.3, -0.25) is 10.1 Å². The van der Waals surface area contributed by atoms with Crippen molar-refractivity contribution in [3.05, 3.63) is 65.2 Å². The van der Waals surface area contributed by atoms with Crippen LogP contribution in [0, 0.1) is 11.6 Å². The van der Waals surface area contributed by atoms with Crippen LogP contribution in [0.1, 0.15) is 40.5 Å². The lowest BCUT2D eigenvalue weighted by Gasteiger charge is -2.14. The summed E-state index contributed by atoms with van der Waals surface area (Å²) in [6.07, 6.45) is 1.75. The van der Waals surface area contributed by atoms with Gasteiger partial charge in [-0.1, -0.05) is 0 Å². The Hall–Kier alpha value is -3.33. The molecule has 0 unspecified atom stereocenters. The van der Waals surface area contributed by atoms with Gasteiger partial charge in [0.1, 0.15) is 0 Å². The highest BCUT2D eigenvalue weighted by Gasteiger charge is 2.17. The maximum Gasteiger partial charge on any atom is 0.338 e. The number of benzene rings is 2. The quantitative estimate of drug-likeness (QED) is 0.415. The van der Waals surface area contributed by atoms with Gasteiger partial charge in [0.25, 0.3) is 5.91 Å². The van der Waals surface area contributed by atoms with Crippen molar-refractivity contribution in [3.8, 4) is 0 Å². The number of nitrogens with zero attached hydrogens (tertiary/aromatic N) is 1. The van der Waals surface area contributed by atoms with Crippen LogP contribution >= 0.6 is 0 Å². The molecule has 2 N–H and O–H groups in total. The third-order valence-electron chi connectivity index (χ3n) is 4.55. The monoisotopic (exact) mass is 431 g/mol. The Balaban J connectivity index is 1.74. The smallest absolute Gasteiger partial charge is 0.338 e. The first kappa shape index (κ1) is 22.4. The molecule has 0 aliphatic carbocycles. The zero-order valence-corrected chi connectivity index (χ0v) is 17.0. The molecule has 1 fully saturated rings. The zero-order chi connectivity index (χ0) is 22.2. The minimum Gasteiger partial charge on any atom is -0.462 e. The Morgan fingerprint density at radius 3 is 2.52 bits per heavy atom. The maximum absolute atomic E-state index is 13.5. The van der Waals surface area contributed by atoms with Crippen molar-refractivity contribution in [2.24, 2.45) is 4.99 Å². The van der Waals surface area contributed by atoms with Gasteiger partial charge in [0.05, 0.1) is 24.8 Å². The molecular formula is C22H23F2N3O4. The Morgan fingerprint density at radius 1 is 1.13 bits per heavy atom. The summed E-state index contributed by atoms with van der Waals surface area (Å²) in [7, 11) is 0. The normalized spacial score (nSPS) is 16.1. The third-order valence-corrected chi connectivity index (χ3v) is 4.55. The summed E-state index contributed by atoms with van der Waals surface area (Å²) in [5.41, 5.74) is 0.893. The summed E-state index contributed by atoms with van der Waals surface area (Å²) >= 11 is 0. The molecule has 164 valence electrons. The molecule has 1 aliphatic heterocycles. The number of guanidine groups is 1. The van der Waals surface area contributed by atoms with Gasteiger partial charge in [0.15, 0.2) is 11.6 Å². The molecule has 7 nitrogen and oxygen atoms in total. The van der Waals surface area contributed by atoms with E-state index in [9.17, 15) is 18.4 Å². The average molecular weight is 431 g/mol. The van der Waals surface area contributed by atoms with Crippen LogP contribution in [0.3, 0.4) is 0 Å². The highest BCUT2D eigenvalue weighted by atomic mass is 19.2. The highest BCUT2D eigenvalue weighted by molar-refractivity contribution is 6.10. The van der Waals surface area contributed by atoms with Crippen molar-refractivity contribution in [1.29, 1.82) is 0 Å². The van der Waals surface area contributed by atoms with Crippen molar-refractivity contribution in [1.82, 2.24) is 5.32 Å². The second-order valence-electron chi connectivity index (χ2n) is 6.83. The van der Waals surface area contributed by atoms with Crippen molar-refractivity contribution >= 4 is 23.5 Å². The van der Waals surface area contributed by atoms with Crippen molar-refractivity contribution in [2.45, 2.75) is 25.9 Å². The molecule has 2 aromatic carbocycles. The number of esters is 1. The predicted molar refractivity (Wildman–Crippen MR) is 111 cm³/mol. The lowest BCUT2D eigenvalue weighted by molar-refractivity contribution is 0.0526. The molecule has 1 amide bonds. The van der Waals surface area contributed by atoms with Crippen molar-refractivity contribution in [2.75, 3.05) is 25.1 Å². The van der Waals surface area contributed by atoms with E-state index in [-0.39, 0.29) is 24.2 Å². The second kappa shape index (κ2) is 10.6. The van der Waals surface area contributed by atoms with E-state index in [1.165, 1.54) is 6.07 Å². The Labute approximate surface area is 178 Å². The Bertz CT molecular complexity index is 958. The van der Waals surface area contributed by atoms with Gasteiger partial charge in [-0.15, -0.1) is 0 Å². The summed E-state index contributed by atoms with van der Waals surface area (Å²) in [4.78, 5) is 28.7. The summed E-state index contributed by atoms with van der Waals surface area (Å²) in [6.45, 7) is 2.98. The molecule has 0 spiro atoms. The standard InChI is InChI=1S/C22H23F2N3O4/c1-2-30-21(29)14-5-8-16(9-6-14)26-22(25-13-17-4-3-11-31-17)27-20(28)15-7-10-18(23)19(24)12-15/h5-10,12,17H,2-4,11,13H2,1H3,(H2,25,26,27,28)/t17-/m0/s1. The van der Waals surface area contributed by atoms with E-state index in [1.54, 1.807) is 31.2 Å². The lowest BCUT2D eigenvalue weighted by Crippen LogP contribution is -2.36. The van der Waals surface area contributed by atoms with Crippen LogP contribution in [0.2, 0.25) is 0 Å². The first-order valence-electron chi connectivity index (χ1n) is 9.93. The number of rotatable bonds is 6. The van der Waals surface area contributed by atoms with Crippen molar-refractivity contribution < 1.29 is 27.8 Å².